The Morgan fingerprint density at radius 3 is 2.96 bits per heavy atom. The lowest BCUT2D eigenvalue weighted by atomic mass is 9.92. The average molecular weight is 327 g/mol. The normalized spacial score (nSPS) is 24.6. The molecule has 1 atom stereocenters. The van der Waals surface area contributed by atoms with Crippen molar-refractivity contribution < 1.29 is 9.53 Å². The summed E-state index contributed by atoms with van der Waals surface area (Å²) in [6.45, 7) is 2.60. The topological polar surface area (TPSA) is 46.8 Å². The molecule has 1 spiro atoms. The molecule has 4 rings (SSSR count). The number of aromatic nitrogens is 2. The molecule has 0 bridgehead atoms. The first kappa shape index (κ1) is 15.6. The standard InChI is InChI=1S/C19H25N3O2/c23-18(7-6-16-15-22-11-2-1-5-17(22)20-16)21-12-3-8-19(10-13-21)9-4-14-24-19/h1-2,5,11,15H,3-4,6-10,12-14H2/t19-/m1/s1. The van der Waals surface area contributed by atoms with Crippen molar-refractivity contribution in [3.8, 4) is 0 Å². The number of nitrogens with zero attached hydrogens (tertiary/aromatic N) is 3. The number of imidazole rings is 1. The van der Waals surface area contributed by atoms with Crippen molar-refractivity contribution in [2.24, 2.45) is 0 Å². The van der Waals surface area contributed by atoms with Crippen LogP contribution in [0.25, 0.3) is 5.65 Å². The minimum absolute atomic E-state index is 0.0661. The lowest BCUT2D eigenvalue weighted by Gasteiger charge is -2.26. The number of aryl methyl sites for hydroxylation is 1. The highest BCUT2D eigenvalue weighted by molar-refractivity contribution is 5.76. The van der Waals surface area contributed by atoms with E-state index in [1.807, 2.05) is 39.9 Å². The first-order chi connectivity index (χ1) is 11.7. The number of hydrogen-bond donors (Lipinski definition) is 0. The van der Waals surface area contributed by atoms with E-state index in [-0.39, 0.29) is 11.5 Å². The maximum atomic E-state index is 12.6. The van der Waals surface area contributed by atoms with Gasteiger partial charge in [-0.05, 0) is 50.7 Å². The third-order valence-electron chi connectivity index (χ3n) is 5.44. The molecule has 0 unspecified atom stereocenters. The summed E-state index contributed by atoms with van der Waals surface area (Å²) >= 11 is 0. The Morgan fingerprint density at radius 1 is 1.21 bits per heavy atom. The molecule has 2 aromatic rings. The molecule has 0 radical (unpaired) electrons. The van der Waals surface area contributed by atoms with Gasteiger partial charge in [0.1, 0.15) is 5.65 Å². The molecule has 5 nitrogen and oxygen atoms in total. The number of fused-ring (bicyclic) bond motifs is 1. The molecule has 0 N–H and O–H groups in total. The van der Waals surface area contributed by atoms with Crippen LogP contribution >= 0.6 is 0 Å². The molecule has 2 aliphatic heterocycles. The molecule has 24 heavy (non-hydrogen) atoms. The van der Waals surface area contributed by atoms with E-state index in [0.29, 0.717) is 12.8 Å². The largest absolute Gasteiger partial charge is 0.375 e. The lowest BCUT2D eigenvalue weighted by molar-refractivity contribution is -0.131. The van der Waals surface area contributed by atoms with E-state index in [0.717, 1.165) is 56.7 Å². The van der Waals surface area contributed by atoms with Crippen LogP contribution in [0.4, 0.5) is 0 Å². The van der Waals surface area contributed by atoms with Crippen LogP contribution in [-0.2, 0) is 16.0 Å². The second-order valence-electron chi connectivity index (χ2n) is 7.07. The van der Waals surface area contributed by atoms with Crippen molar-refractivity contribution in [2.75, 3.05) is 19.7 Å². The number of likely N-dealkylation sites (tertiary alicyclic amines) is 1. The summed E-state index contributed by atoms with van der Waals surface area (Å²) in [5.74, 6) is 0.252. The fourth-order valence-electron chi connectivity index (χ4n) is 4.07. The lowest BCUT2D eigenvalue weighted by Crippen LogP contribution is -2.34. The van der Waals surface area contributed by atoms with Crippen molar-refractivity contribution in [3.05, 3.63) is 36.3 Å². The molecule has 0 aliphatic carbocycles. The Balaban J connectivity index is 1.34. The molecular formula is C19H25N3O2. The van der Waals surface area contributed by atoms with Gasteiger partial charge in [-0.15, -0.1) is 0 Å². The number of carbonyl (C=O) groups is 1. The minimum Gasteiger partial charge on any atom is -0.375 e. The molecule has 2 aliphatic rings. The molecule has 128 valence electrons. The van der Waals surface area contributed by atoms with E-state index >= 15 is 0 Å². The Labute approximate surface area is 142 Å². The molecule has 0 saturated carbocycles. The number of pyridine rings is 1. The highest BCUT2D eigenvalue weighted by Gasteiger charge is 2.37. The van der Waals surface area contributed by atoms with Crippen LogP contribution in [0.5, 0.6) is 0 Å². The highest BCUT2D eigenvalue weighted by atomic mass is 16.5. The maximum absolute atomic E-state index is 12.6. The van der Waals surface area contributed by atoms with Crippen LogP contribution < -0.4 is 0 Å². The molecular weight excluding hydrogens is 302 g/mol. The summed E-state index contributed by atoms with van der Waals surface area (Å²) in [7, 11) is 0. The van der Waals surface area contributed by atoms with E-state index in [9.17, 15) is 4.79 Å². The van der Waals surface area contributed by atoms with Gasteiger partial charge in [0.15, 0.2) is 0 Å². The highest BCUT2D eigenvalue weighted by Crippen LogP contribution is 2.35. The maximum Gasteiger partial charge on any atom is 0.222 e. The predicted octanol–water partition coefficient (Wildman–Crippen LogP) is 2.83. The van der Waals surface area contributed by atoms with Crippen molar-refractivity contribution in [1.82, 2.24) is 14.3 Å². The van der Waals surface area contributed by atoms with Crippen LogP contribution in [-0.4, -0.2) is 45.5 Å². The van der Waals surface area contributed by atoms with Gasteiger partial charge in [-0.1, -0.05) is 6.07 Å². The molecule has 4 heterocycles. The van der Waals surface area contributed by atoms with Gasteiger partial charge in [-0.3, -0.25) is 4.79 Å². The third kappa shape index (κ3) is 3.18. The Morgan fingerprint density at radius 2 is 2.12 bits per heavy atom. The quantitative estimate of drug-likeness (QED) is 0.871. The second kappa shape index (κ2) is 6.55. The van der Waals surface area contributed by atoms with Crippen molar-refractivity contribution in [3.63, 3.8) is 0 Å². The summed E-state index contributed by atoms with van der Waals surface area (Å²) in [5.41, 5.74) is 1.99. The van der Waals surface area contributed by atoms with Gasteiger partial charge in [-0.25, -0.2) is 4.98 Å². The monoisotopic (exact) mass is 327 g/mol. The molecule has 0 aromatic carbocycles. The molecule has 2 aromatic heterocycles. The van der Waals surface area contributed by atoms with Gasteiger partial charge < -0.3 is 14.0 Å². The molecule has 5 heteroatoms. The zero-order valence-corrected chi connectivity index (χ0v) is 14.1. The van der Waals surface area contributed by atoms with Crippen LogP contribution in [0, 0.1) is 0 Å². The van der Waals surface area contributed by atoms with Crippen molar-refractivity contribution in [2.45, 2.75) is 50.5 Å². The second-order valence-corrected chi connectivity index (χ2v) is 7.07. The van der Waals surface area contributed by atoms with E-state index in [2.05, 4.69) is 4.98 Å². The number of carbonyl (C=O) groups excluding carboxylic acids is 1. The van der Waals surface area contributed by atoms with Gasteiger partial charge >= 0.3 is 0 Å². The van der Waals surface area contributed by atoms with Gasteiger partial charge in [0.05, 0.1) is 11.3 Å². The van der Waals surface area contributed by atoms with Gasteiger partial charge in [0.2, 0.25) is 5.91 Å². The Bertz CT molecular complexity index is 685. The van der Waals surface area contributed by atoms with Crippen LogP contribution in [0.2, 0.25) is 0 Å². The summed E-state index contributed by atoms with van der Waals surface area (Å²) in [6, 6.07) is 5.96. The van der Waals surface area contributed by atoms with Gasteiger partial charge in [-0.2, -0.15) is 0 Å². The summed E-state index contributed by atoms with van der Waals surface area (Å²) in [6.07, 6.45) is 10.7. The number of amides is 1. The fraction of sp³-hybridized carbons (Fsp3) is 0.579. The van der Waals surface area contributed by atoms with Crippen molar-refractivity contribution in [1.29, 1.82) is 0 Å². The van der Waals surface area contributed by atoms with Crippen LogP contribution in [0.15, 0.2) is 30.6 Å². The van der Waals surface area contributed by atoms with Gasteiger partial charge in [0.25, 0.3) is 0 Å². The van der Waals surface area contributed by atoms with E-state index in [1.54, 1.807) is 0 Å². The summed E-state index contributed by atoms with van der Waals surface area (Å²) in [4.78, 5) is 19.2. The summed E-state index contributed by atoms with van der Waals surface area (Å²) in [5, 5.41) is 0. The van der Waals surface area contributed by atoms with Gasteiger partial charge in [0, 0.05) is 38.5 Å². The van der Waals surface area contributed by atoms with Crippen LogP contribution in [0.3, 0.4) is 0 Å². The Hall–Kier alpha value is -1.88. The van der Waals surface area contributed by atoms with E-state index in [1.165, 1.54) is 6.42 Å². The predicted molar refractivity (Wildman–Crippen MR) is 91.9 cm³/mol. The molecule has 1 amide bonds. The molecule has 2 fully saturated rings. The van der Waals surface area contributed by atoms with E-state index < -0.39 is 0 Å². The fourth-order valence-corrected chi connectivity index (χ4v) is 4.07. The van der Waals surface area contributed by atoms with E-state index in [4.69, 9.17) is 4.74 Å². The number of hydrogen-bond acceptors (Lipinski definition) is 3. The number of rotatable bonds is 3. The average Bonchev–Trinajstić information content (AvgIpc) is 3.16. The first-order valence-electron chi connectivity index (χ1n) is 9.09. The molecule has 2 saturated heterocycles. The third-order valence-corrected chi connectivity index (χ3v) is 5.44. The summed E-state index contributed by atoms with van der Waals surface area (Å²) < 4.78 is 8.01. The minimum atomic E-state index is 0.0661. The SMILES string of the molecule is O=C(CCc1cn2ccccc2n1)N1CCC[C@@]2(CCCO2)CC1. The zero-order chi connectivity index (χ0) is 16.4. The number of ether oxygens (including phenoxy) is 1. The van der Waals surface area contributed by atoms with Crippen molar-refractivity contribution >= 4 is 11.6 Å². The Kier molecular flexibility index (Phi) is 4.27. The smallest absolute Gasteiger partial charge is 0.222 e. The first-order valence-corrected chi connectivity index (χ1v) is 9.09. The zero-order valence-electron chi connectivity index (χ0n) is 14.1. The van der Waals surface area contributed by atoms with Crippen LogP contribution in [0.1, 0.15) is 44.2 Å².